The Morgan fingerprint density at radius 3 is 2.83 bits per heavy atom. The van der Waals surface area contributed by atoms with Gasteiger partial charge in [0.1, 0.15) is 12.7 Å². The predicted octanol–water partition coefficient (Wildman–Crippen LogP) is 3.81. The van der Waals surface area contributed by atoms with Crippen molar-refractivity contribution < 1.29 is 9.47 Å². The van der Waals surface area contributed by atoms with Crippen molar-refractivity contribution in [3.63, 3.8) is 0 Å². The summed E-state index contributed by atoms with van der Waals surface area (Å²) < 4.78 is 12.0. The van der Waals surface area contributed by atoms with E-state index in [1.165, 1.54) is 25.0 Å². The van der Waals surface area contributed by atoms with Crippen LogP contribution in [0.3, 0.4) is 0 Å². The maximum Gasteiger partial charge on any atom is 0.161 e. The number of para-hydroxylation sites is 2. The highest BCUT2D eigenvalue weighted by atomic mass is 16.6. The topological polar surface area (TPSA) is 21.7 Å². The van der Waals surface area contributed by atoms with E-state index in [2.05, 4.69) is 30.1 Å². The van der Waals surface area contributed by atoms with Crippen LogP contribution in [-0.2, 0) is 0 Å². The van der Waals surface area contributed by atoms with E-state index < -0.39 is 0 Å². The summed E-state index contributed by atoms with van der Waals surface area (Å²) in [5, 5.41) is 0. The number of nitrogens with zero attached hydrogens (tertiary/aromatic N) is 1. The van der Waals surface area contributed by atoms with E-state index in [0.717, 1.165) is 30.5 Å². The molecule has 122 valence electrons. The standard InChI is InChI=1S/C20H25NO2/c1-15-5-4-12-21(15)13-16-8-10-17(11-9-16)20-14-22-18-6-2-3-7-19(18)23-20/h2-3,6-10,15,17,20H,4-5,11-14H2,1H3/t15?,17?,20-/m1/s1. The van der Waals surface area contributed by atoms with E-state index in [1.54, 1.807) is 0 Å². The molecule has 1 saturated heterocycles. The Morgan fingerprint density at radius 2 is 2.09 bits per heavy atom. The van der Waals surface area contributed by atoms with E-state index in [9.17, 15) is 0 Å². The van der Waals surface area contributed by atoms with Crippen molar-refractivity contribution in [2.24, 2.45) is 5.92 Å². The minimum Gasteiger partial charge on any atom is -0.486 e. The van der Waals surface area contributed by atoms with E-state index in [1.807, 2.05) is 24.3 Å². The van der Waals surface area contributed by atoms with Gasteiger partial charge in [-0.2, -0.15) is 0 Å². The zero-order valence-corrected chi connectivity index (χ0v) is 13.8. The molecule has 0 spiro atoms. The van der Waals surface area contributed by atoms with Gasteiger partial charge in [-0.15, -0.1) is 0 Å². The number of hydrogen-bond donors (Lipinski definition) is 0. The predicted molar refractivity (Wildman–Crippen MR) is 92.0 cm³/mol. The summed E-state index contributed by atoms with van der Waals surface area (Å²) in [4.78, 5) is 2.59. The molecule has 0 N–H and O–H groups in total. The third-order valence-corrected chi connectivity index (χ3v) is 5.29. The molecule has 0 amide bonds. The van der Waals surface area contributed by atoms with Gasteiger partial charge in [-0.1, -0.05) is 30.4 Å². The fourth-order valence-electron chi connectivity index (χ4n) is 3.78. The number of allylic oxidation sites excluding steroid dienone is 1. The number of hydrogen-bond acceptors (Lipinski definition) is 3. The third kappa shape index (κ3) is 3.16. The van der Waals surface area contributed by atoms with Gasteiger partial charge in [-0.3, -0.25) is 4.90 Å². The molecule has 1 aromatic rings. The molecule has 2 heterocycles. The van der Waals surface area contributed by atoms with Crippen molar-refractivity contribution in [1.29, 1.82) is 0 Å². The molecule has 0 saturated carbocycles. The summed E-state index contributed by atoms with van der Waals surface area (Å²) in [6.45, 7) is 5.31. The maximum atomic E-state index is 6.14. The summed E-state index contributed by atoms with van der Waals surface area (Å²) >= 11 is 0. The molecule has 0 radical (unpaired) electrons. The van der Waals surface area contributed by atoms with Gasteiger partial charge in [-0.05, 0) is 50.4 Å². The third-order valence-electron chi connectivity index (χ3n) is 5.29. The maximum absolute atomic E-state index is 6.14. The summed E-state index contributed by atoms with van der Waals surface area (Å²) in [6, 6.07) is 8.67. The first-order valence-corrected chi connectivity index (χ1v) is 8.79. The lowest BCUT2D eigenvalue weighted by Crippen LogP contribution is -2.36. The van der Waals surface area contributed by atoms with Crippen molar-refractivity contribution in [2.45, 2.75) is 38.3 Å². The first kappa shape index (κ1) is 14.8. The molecule has 3 aliphatic rings. The zero-order valence-electron chi connectivity index (χ0n) is 13.8. The fourth-order valence-corrected chi connectivity index (χ4v) is 3.78. The molecule has 23 heavy (non-hydrogen) atoms. The lowest BCUT2D eigenvalue weighted by Gasteiger charge is -2.32. The average Bonchev–Trinajstić information content (AvgIpc) is 3.00. The van der Waals surface area contributed by atoms with Crippen molar-refractivity contribution in [2.75, 3.05) is 19.7 Å². The van der Waals surface area contributed by atoms with E-state index in [-0.39, 0.29) is 6.10 Å². The zero-order chi connectivity index (χ0) is 15.6. The van der Waals surface area contributed by atoms with Gasteiger partial charge >= 0.3 is 0 Å². The Balaban J connectivity index is 1.36. The Labute approximate surface area is 138 Å². The molecule has 2 aliphatic heterocycles. The van der Waals surface area contributed by atoms with Crippen LogP contribution in [0, 0.1) is 5.92 Å². The molecule has 0 aromatic heterocycles. The second-order valence-corrected chi connectivity index (χ2v) is 6.91. The van der Waals surface area contributed by atoms with Crippen LogP contribution >= 0.6 is 0 Å². The van der Waals surface area contributed by atoms with Crippen LogP contribution in [0.2, 0.25) is 0 Å². The molecule has 2 unspecified atom stereocenters. The van der Waals surface area contributed by atoms with Gasteiger partial charge in [0, 0.05) is 18.5 Å². The summed E-state index contributed by atoms with van der Waals surface area (Å²) in [5.41, 5.74) is 1.45. The first-order valence-electron chi connectivity index (χ1n) is 8.79. The average molecular weight is 311 g/mol. The minimum absolute atomic E-state index is 0.115. The highest BCUT2D eigenvalue weighted by Crippen LogP contribution is 2.34. The Kier molecular flexibility index (Phi) is 4.13. The molecule has 3 nitrogen and oxygen atoms in total. The molecule has 1 fully saturated rings. The highest BCUT2D eigenvalue weighted by molar-refractivity contribution is 5.41. The number of rotatable bonds is 3. The Hall–Kier alpha value is -1.74. The lowest BCUT2D eigenvalue weighted by molar-refractivity contribution is 0.0623. The van der Waals surface area contributed by atoms with Crippen LogP contribution in [-0.4, -0.2) is 36.7 Å². The van der Waals surface area contributed by atoms with Crippen LogP contribution in [0.5, 0.6) is 11.5 Å². The van der Waals surface area contributed by atoms with Crippen LogP contribution in [0.1, 0.15) is 26.2 Å². The lowest BCUT2D eigenvalue weighted by atomic mass is 9.91. The van der Waals surface area contributed by atoms with Crippen LogP contribution in [0.25, 0.3) is 0 Å². The molecule has 1 aliphatic carbocycles. The summed E-state index contributed by atoms with van der Waals surface area (Å²) in [5.74, 6) is 2.14. The van der Waals surface area contributed by atoms with Crippen LogP contribution < -0.4 is 9.47 Å². The van der Waals surface area contributed by atoms with Crippen molar-refractivity contribution in [1.82, 2.24) is 4.90 Å². The summed E-state index contributed by atoms with van der Waals surface area (Å²) in [6.07, 6.45) is 10.8. The molecule has 3 atom stereocenters. The Bertz CT molecular complexity index is 622. The normalized spacial score (nSPS) is 30.3. The van der Waals surface area contributed by atoms with Crippen molar-refractivity contribution in [3.05, 3.63) is 48.1 Å². The first-order chi connectivity index (χ1) is 11.3. The minimum atomic E-state index is 0.115. The largest absolute Gasteiger partial charge is 0.486 e. The number of ether oxygens (including phenoxy) is 2. The second-order valence-electron chi connectivity index (χ2n) is 6.91. The van der Waals surface area contributed by atoms with Gasteiger partial charge < -0.3 is 9.47 Å². The number of likely N-dealkylation sites (tertiary alicyclic amines) is 1. The van der Waals surface area contributed by atoms with E-state index >= 15 is 0 Å². The number of fused-ring (bicyclic) bond motifs is 1. The van der Waals surface area contributed by atoms with Gasteiger partial charge in [0.15, 0.2) is 11.5 Å². The molecule has 3 heteroatoms. The van der Waals surface area contributed by atoms with Crippen LogP contribution in [0.4, 0.5) is 0 Å². The smallest absolute Gasteiger partial charge is 0.161 e. The molecule has 4 rings (SSSR count). The van der Waals surface area contributed by atoms with Crippen LogP contribution in [0.15, 0.2) is 48.1 Å². The Morgan fingerprint density at radius 1 is 1.22 bits per heavy atom. The van der Waals surface area contributed by atoms with Crippen molar-refractivity contribution in [3.8, 4) is 11.5 Å². The SMILES string of the molecule is CC1CCCN1CC1=CCC([C@H]2COc3ccccc3O2)C=C1. The highest BCUT2D eigenvalue weighted by Gasteiger charge is 2.28. The van der Waals surface area contributed by atoms with E-state index in [0.29, 0.717) is 12.5 Å². The van der Waals surface area contributed by atoms with Gasteiger partial charge in [0.05, 0.1) is 0 Å². The second kappa shape index (κ2) is 6.40. The van der Waals surface area contributed by atoms with E-state index in [4.69, 9.17) is 9.47 Å². The number of benzene rings is 1. The van der Waals surface area contributed by atoms with Gasteiger partial charge in [0.25, 0.3) is 0 Å². The van der Waals surface area contributed by atoms with Gasteiger partial charge in [-0.25, -0.2) is 0 Å². The fraction of sp³-hybridized carbons (Fsp3) is 0.500. The van der Waals surface area contributed by atoms with Crippen molar-refractivity contribution >= 4 is 0 Å². The molecular formula is C20H25NO2. The van der Waals surface area contributed by atoms with Gasteiger partial charge in [0.2, 0.25) is 0 Å². The molecule has 0 bridgehead atoms. The summed E-state index contributed by atoms with van der Waals surface area (Å²) in [7, 11) is 0. The molecular weight excluding hydrogens is 286 g/mol. The molecule has 1 aromatic carbocycles. The quantitative estimate of drug-likeness (QED) is 0.847. The monoisotopic (exact) mass is 311 g/mol.